The van der Waals surface area contributed by atoms with Crippen LogP contribution in [0.4, 0.5) is 0 Å². The smallest absolute Gasteiger partial charge is 0.249 e. The summed E-state index contributed by atoms with van der Waals surface area (Å²) in [6.45, 7) is -0.764. The fraction of sp³-hybridized carbons (Fsp3) is 0.952. The molecule has 2 heterocycles. The third-order valence-electron chi connectivity index (χ3n) is 7.15. The summed E-state index contributed by atoms with van der Waals surface area (Å²) in [4.78, 5) is 12.4. The quantitative estimate of drug-likeness (QED) is 0.119. The molecule has 38 heavy (non-hydrogen) atoms. The summed E-state index contributed by atoms with van der Waals surface area (Å²) in [5.41, 5.74) is 23.3. The molecule has 2 saturated heterocycles. The number of hydrogen-bond donors (Lipinski definition) is 12. The Morgan fingerprint density at radius 1 is 0.895 bits per heavy atom. The standard InChI is InChI=1S/C21H41N5O12/c22-2-1-8(28)19(34)26-7-3-6(24)17(37-20-11(25)15(32)13(30)9(4-23)35-20)18(12(7)29)38-21-16(33)14(31)10(5-27)36-21/h6-18,20-21,27-33H,1-5,22-25H2,(H,26,34)/t6-,7+,8?,9+,10+,11+,12-,13+,14+,15+,16+,17+,18+,20+,21-/m0/s1. The van der Waals surface area contributed by atoms with Crippen LogP contribution in [0.1, 0.15) is 12.8 Å². The van der Waals surface area contributed by atoms with E-state index in [1.807, 2.05) is 0 Å². The molecule has 0 aromatic heterocycles. The van der Waals surface area contributed by atoms with Crippen molar-refractivity contribution >= 4 is 5.91 Å². The lowest BCUT2D eigenvalue weighted by atomic mass is 9.83. The highest BCUT2D eigenvalue weighted by atomic mass is 16.7. The number of nitrogens with one attached hydrogen (secondary N) is 1. The van der Waals surface area contributed by atoms with Crippen molar-refractivity contribution in [3.63, 3.8) is 0 Å². The molecule has 1 unspecified atom stereocenters. The maximum absolute atomic E-state index is 12.4. The molecule has 17 heteroatoms. The van der Waals surface area contributed by atoms with Crippen molar-refractivity contribution in [1.82, 2.24) is 5.32 Å². The first-order chi connectivity index (χ1) is 17.9. The van der Waals surface area contributed by atoms with Gasteiger partial charge in [0.05, 0.1) is 18.7 Å². The third kappa shape index (κ3) is 6.60. The van der Waals surface area contributed by atoms with Crippen LogP contribution in [0.25, 0.3) is 0 Å². The minimum Gasteiger partial charge on any atom is -0.394 e. The van der Waals surface area contributed by atoms with E-state index < -0.39 is 104 Å². The van der Waals surface area contributed by atoms with Crippen molar-refractivity contribution < 1.29 is 59.5 Å². The highest BCUT2D eigenvalue weighted by molar-refractivity contribution is 5.80. The van der Waals surface area contributed by atoms with Crippen LogP contribution in [0.5, 0.6) is 0 Å². The summed E-state index contributed by atoms with van der Waals surface area (Å²) >= 11 is 0. The van der Waals surface area contributed by atoms with Crippen LogP contribution < -0.4 is 28.3 Å². The molecular formula is C21H41N5O12. The van der Waals surface area contributed by atoms with Gasteiger partial charge >= 0.3 is 0 Å². The van der Waals surface area contributed by atoms with Crippen molar-refractivity contribution in [2.75, 3.05) is 19.7 Å². The zero-order valence-corrected chi connectivity index (χ0v) is 20.7. The number of hydrogen-bond acceptors (Lipinski definition) is 16. The predicted octanol–water partition coefficient (Wildman–Crippen LogP) is -7.79. The van der Waals surface area contributed by atoms with E-state index in [0.717, 1.165) is 0 Å². The normalized spacial score (nSPS) is 46.6. The van der Waals surface area contributed by atoms with Crippen LogP contribution in [0.2, 0.25) is 0 Å². The molecule has 0 radical (unpaired) electrons. The summed E-state index contributed by atoms with van der Waals surface area (Å²) in [5, 5.41) is 74.0. The Labute approximate surface area is 218 Å². The zero-order chi connectivity index (χ0) is 28.3. The van der Waals surface area contributed by atoms with Crippen molar-refractivity contribution in [2.24, 2.45) is 22.9 Å². The fourth-order valence-corrected chi connectivity index (χ4v) is 4.84. The van der Waals surface area contributed by atoms with E-state index in [1.54, 1.807) is 0 Å². The Morgan fingerprint density at radius 3 is 2.08 bits per heavy atom. The van der Waals surface area contributed by atoms with E-state index in [1.165, 1.54) is 0 Å². The van der Waals surface area contributed by atoms with Gasteiger partial charge in [0.2, 0.25) is 5.91 Å². The van der Waals surface area contributed by atoms with Crippen LogP contribution in [-0.2, 0) is 23.7 Å². The lowest BCUT2D eigenvalue weighted by Gasteiger charge is -2.48. The SMILES string of the molecule is NCCC(O)C(=O)N[C@@H]1C[C@H](N)[C@@H](O[C@H]2O[C@H](CN)[C@@H](O)[C@H](O)[C@H]2N)[C@H](O[C@@H]2O[C@H](CO)[C@@H](O)[C@H]2O)[C@H]1O. The van der Waals surface area contributed by atoms with Gasteiger partial charge in [0.15, 0.2) is 12.6 Å². The highest BCUT2D eigenvalue weighted by Crippen LogP contribution is 2.32. The molecule has 17 nitrogen and oxygen atoms in total. The molecule has 0 aromatic rings. The van der Waals surface area contributed by atoms with E-state index in [2.05, 4.69) is 5.32 Å². The fourth-order valence-electron chi connectivity index (χ4n) is 4.84. The van der Waals surface area contributed by atoms with Gasteiger partial charge in [-0.1, -0.05) is 0 Å². The van der Waals surface area contributed by atoms with Gasteiger partial charge in [0.25, 0.3) is 0 Å². The molecule has 3 rings (SSSR count). The van der Waals surface area contributed by atoms with E-state index in [4.69, 9.17) is 41.9 Å². The second-order valence-corrected chi connectivity index (χ2v) is 9.84. The van der Waals surface area contributed by atoms with Crippen LogP contribution in [-0.4, -0.2) is 153 Å². The first kappa shape index (κ1) is 31.4. The van der Waals surface area contributed by atoms with Gasteiger partial charge in [-0.15, -0.1) is 0 Å². The molecule has 1 amide bonds. The van der Waals surface area contributed by atoms with Crippen molar-refractivity contribution in [2.45, 2.75) is 105 Å². The molecule has 0 bridgehead atoms. The number of aliphatic hydroxyl groups is 7. The summed E-state index contributed by atoms with van der Waals surface area (Å²) < 4.78 is 22.7. The van der Waals surface area contributed by atoms with Gasteiger partial charge in [-0.2, -0.15) is 0 Å². The second kappa shape index (κ2) is 13.5. The Morgan fingerprint density at radius 2 is 1.50 bits per heavy atom. The van der Waals surface area contributed by atoms with Gasteiger partial charge in [0, 0.05) is 12.6 Å². The van der Waals surface area contributed by atoms with E-state index in [0.29, 0.717) is 0 Å². The average Bonchev–Trinajstić information content (AvgIpc) is 3.16. The molecule has 15 atom stereocenters. The largest absolute Gasteiger partial charge is 0.394 e. The third-order valence-corrected chi connectivity index (χ3v) is 7.15. The zero-order valence-electron chi connectivity index (χ0n) is 20.7. The van der Waals surface area contributed by atoms with E-state index >= 15 is 0 Å². The first-order valence-electron chi connectivity index (χ1n) is 12.5. The molecule has 1 aliphatic carbocycles. The number of aliphatic hydroxyl groups excluding tert-OH is 7. The van der Waals surface area contributed by atoms with Crippen molar-refractivity contribution in [3.8, 4) is 0 Å². The Hall–Kier alpha value is -1.13. The number of rotatable bonds is 10. The molecular weight excluding hydrogens is 514 g/mol. The number of ether oxygens (including phenoxy) is 4. The molecule has 2 aliphatic heterocycles. The maximum Gasteiger partial charge on any atom is 0.249 e. The number of carbonyl (C=O) groups is 1. The monoisotopic (exact) mass is 555 g/mol. The Bertz CT molecular complexity index is 770. The van der Waals surface area contributed by atoms with Gasteiger partial charge in [-0.3, -0.25) is 4.79 Å². The lowest BCUT2D eigenvalue weighted by molar-refractivity contribution is -0.307. The molecule has 3 fully saturated rings. The first-order valence-corrected chi connectivity index (χ1v) is 12.5. The highest BCUT2D eigenvalue weighted by Gasteiger charge is 2.53. The number of nitrogens with two attached hydrogens (primary N) is 4. The van der Waals surface area contributed by atoms with E-state index in [9.17, 15) is 40.5 Å². The Balaban J connectivity index is 1.84. The molecule has 222 valence electrons. The Kier molecular flexibility index (Phi) is 11.1. The topological polar surface area (TPSA) is 312 Å². The molecule has 0 spiro atoms. The van der Waals surface area contributed by atoms with Crippen LogP contribution in [0.3, 0.4) is 0 Å². The maximum atomic E-state index is 12.4. The predicted molar refractivity (Wildman–Crippen MR) is 125 cm³/mol. The van der Waals surface area contributed by atoms with Gasteiger partial charge in [-0.25, -0.2) is 0 Å². The van der Waals surface area contributed by atoms with Gasteiger partial charge in [-0.05, 0) is 19.4 Å². The van der Waals surface area contributed by atoms with Crippen LogP contribution in [0.15, 0.2) is 0 Å². The molecule has 1 saturated carbocycles. The summed E-state index contributed by atoms with van der Waals surface area (Å²) in [6.07, 6.45) is -16.9. The average molecular weight is 556 g/mol. The second-order valence-electron chi connectivity index (χ2n) is 9.84. The summed E-state index contributed by atoms with van der Waals surface area (Å²) in [5.74, 6) is -0.807. The number of carbonyl (C=O) groups excluding carboxylic acids is 1. The van der Waals surface area contributed by atoms with Crippen molar-refractivity contribution in [1.29, 1.82) is 0 Å². The number of amides is 1. The minimum atomic E-state index is -1.62. The van der Waals surface area contributed by atoms with Gasteiger partial charge in [0.1, 0.15) is 61.0 Å². The summed E-state index contributed by atoms with van der Waals surface area (Å²) in [6, 6.07) is -3.29. The lowest BCUT2D eigenvalue weighted by Crippen LogP contribution is -2.69. The van der Waals surface area contributed by atoms with Crippen LogP contribution in [0, 0.1) is 0 Å². The molecule has 0 aromatic carbocycles. The minimum absolute atomic E-state index is 0.0255. The molecule has 3 aliphatic rings. The van der Waals surface area contributed by atoms with Crippen molar-refractivity contribution in [3.05, 3.63) is 0 Å². The van der Waals surface area contributed by atoms with Gasteiger partial charge < -0.3 is 82.9 Å². The summed E-state index contributed by atoms with van der Waals surface area (Å²) in [7, 11) is 0. The van der Waals surface area contributed by atoms with Crippen LogP contribution >= 0.6 is 0 Å². The molecule has 16 N–H and O–H groups in total. The van der Waals surface area contributed by atoms with E-state index in [-0.39, 0.29) is 25.9 Å².